The summed E-state index contributed by atoms with van der Waals surface area (Å²) in [5.74, 6) is 0.670. The largest absolute Gasteiger partial charge is 0.492 e. The molecule has 1 aromatic carbocycles. The van der Waals surface area contributed by atoms with Crippen LogP contribution in [0.15, 0.2) is 18.2 Å². The average molecular weight is 336 g/mol. The molecule has 23 heavy (non-hydrogen) atoms. The highest BCUT2D eigenvalue weighted by Crippen LogP contribution is 2.20. The molecule has 0 radical (unpaired) electrons. The van der Waals surface area contributed by atoms with Gasteiger partial charge in [0.2, 0.25) is 0 Å². The second-order valence-corrected chi connectivity index (χ2v) is 6.13. The molecule has 0 atom stereocenters. The summed E-state index contributed by atoms with van der Waals surface area (Å²) in [5, 5.41) is 4.52. The number of ether oxygens (including phenoxy) is 1. The van der Waals surface area contributed by atoms with E-state index in [1.54, 1.807) is 25.9 Å². The molecule has 0 aliphatic carbocycles. The van der Waals surface area contributed by atoms with Gasteiger partial charge in [0, 0.05) is 14.1 Å². The Morgan fingerprint density at radius 3 is 2.39 bits per heavy atom. The van der Waals surface area contributed by atoms with Crippen molar-refractivity contribution in [3.63, 3.8) is 0 Å². The maximum absolute atomic E-state index is 12.5. The molecule has 0 fully saturated rings. The van der Waals surface area contributed by atoms with Crippen LogP contribution in [0.4, 0.5) is 0 Å². The minimum Gasteiger partial charge on any atom is -0.492 e. The third-order valence-electron chi connectivity index (χ3n) is 3.60. The first-order valence-corrected chi connectivity index (χ1v) is 7.83. The quantitative estimate of drug-likeness (QED) is 0.843. The van der Waals surface area contributed by atoms with E-state index in [1.807, 2.05) is 26.0 Å². The summed E-state index contributed by atoms with van der Waals surface area (Å²) < 4.78 is 7.25. The van der Waals surface area contributed by atoms with Gasteiger partial charge < -0.3 is 9.64 Å². The number of aromatic nitrogens is 2. The summed E-state index contributed by atoms with van der Waals surface area (Å²) in [7, 11) is 3.45. The topological polar surface area (TPSA) is 47.4 Å². The highest BCUT2D eigenvalue weighted by Gasteiger charge is 2.21. The lowest BCUT2D eigenvalue weighted by Crippen LogP contribution is -2.31. The molecular weight excluding hydrogens is 314 g/mol. The fraction of sp³-hybridized carbons (Fsp3) is 0.412. The van der Waals surface area contributed by atoms with Gasteiger partial charge in [-0.1, -0.05) is 17.7 Å². The van der Waals surface area contributed by atoms with Crippen molar-refractivity contribution in [3.05, 3.63) is 45.7 Å². The predicted octanol–water partition coefficient (Wildman–Crippen LogP) is 3.15. The van der Waals surface area contributed by atoms with Crippen LogP contribution in [-0.2, 0) is 7.05 Å². The maximum Gasteiger partial charge on any atom is 0.258 e. The molecule has 5 nitrogen and oxygen atoms in total. The lowest BCUT2D eigenvalue weighted by atomic mass is 10.1. The van der Waals surface area contributed by atoms with Crippen LogP contribution >= 0.6 is 11.6 Å². The van der Waals surface area contributed by atoms with Gasteiger partial charge in [0.1, 0.15) is 17.5 Å². The molecule has 0 aliphatic rings. The molecule has 124 valence electrons. The molecule has 0 saturated carbocycles. The fourth-order valence-electron chi connectivity index (χ4n) is 2.48. The van der Waals surface area contributed by atoms with E-state index in [-0.39, 0.29) is 5.91 Å². The highest BCUT2D eigenvalue weighted by atomic mass is 35.5. The second kappa shape index (κ2) is 7.04. The summed E-state index contributed by atoms with van der Waals surface area (Å²) in [6.07, 6.45) is 0. The van der Waals surface area contributed by atoms with Gasteiger partial charge in [-0.15, -0.1) is 0 Å². The van der Waals surface area contributed by atoms with Crippen LogP contribution in [-0.4, -0.2) is 40.8 Å². The van der Waals surface area contributed by atoms with Gasteiger partial charge in [-0.25, -0.2) is 0 Å². The molecule has 1 aromatic heterocycles. The van der Waals surface area contributed by atoms with Crippen LogP contribution in [0.2, 0.25) is 5.15 Å². The van der Waals surface area contributed by atoms with Crippen molar-refractivity contribution < 1.29 is 9.53 Å². The molecule has 0 aliphatic heterocycles. The SMILES string of the molecule is Cc1cc(C)cc(OCCN(C)C(=O)c2c(C)nn(C)c2Cl)c1. The van der Waals surface area contributed by atoms with E-state index >= 15 is 0 Å². The summed E-state index contributed by atoms with van der Waals surface area (Å²) in [5.41, 5.74) is 3.39. The molecule has 0 unspecified atom stereocenters. The number of amides is 1. The molecule has 0 bridgehead atoms. The Morgan fingerprint density at radius 2 is 1.87 bits per heavy atom. The highest BCUT2D eigenvalue weighted by molar-refractivity contribution is 6.33. The molecule has 1 heterocycles. The number of halogens is 1. The normalized spacial score (nSPS) is 10.7. The zero-order chi connectivity index (χ0) is 17.1. The van der Waals surface area contributed by atoms with E-state index < -0.39 is 0 Å². The Kier molecular flexibility index (Phi) is 5.31. The van der Waals surface area contributed by atoms with E-state index in [4.69, 9.17) is 16.3 Å². The molecule has 2 rings (SSSR count). The Bertz CT molecular complexity index is 705. The van der Waals surface area contributed by atoms with Gasteiger partial charge in [0.25, 0.3) is 5.91 Å². The number of aryl methyl sites for hydroxylation is 4. The first-order valence-electron chi connectivity index (χ1n) is 7.45. The number of carbonyl (C=O) groups excluding carboxylic acids is 1. The average Bonchev–Trinajstić information content (AvgIpc) is 2.70. The summed E-state index contributed by atoms with van der Waals surface area (Å²) in [4.78, 5) is 14.1. The van der Waals surface area contributed by atoms with Crippen molar-refractivity contribution >= 4 is 17.5 Å². The standard InChI is InChI=1S/C17H22ClN3O2/c1-11-8-12(2)10-14(9-11)23-7-6-20(4)17(22)15-13(3)19-21(5)16(15)18/h8-10H,6-7H2,1-5H3. The van der Waals surface area contributed by atoms with Crippen molar-refractivity contribution in [2.24, 2.45) is 7.05 Å². The number of carbonyl (C=O) groups is 1. The summed E-state index contributed by atoms with van der Waals surface area (Å²) >= 11 is 6.14. The number of rotatable bonds is 5. The molecule has 1 amide bonds. The van der Waals surface area contributed by atoms with Crippen LogP contribution < -0.4 is 4.74 Å². The molecular formula is C17H22ClN3O2. The number of hydrogen-bond acceptors (Lipinski definition) is 3. The third kappa shape index (κ3) is 4.05. The van der Waals surface area contributed by atoms with Crippen LogP contribution in [0.3, 0.4) is 0 Å². The second-order valence-electron chi connectivity index (χ2n) is 5.77. The van der Waals surface area contributed by atoms with Crippen molar-refractivity contribution in [2.45, 2.75) is 20.8 Å². The van der Waals surface area contributed by atoms with E-state index in [2.05, 4.69) is 11.2 Å². The first-order chi connectivity index (χ1) is 10.8. The van der Waals surface area contributed by atoms with E-state index in [0.717, 1.165) is 16.9 Å². The van der Waals surface area contributed by atoms with E-state index in [1.165, 1.54) is 4.68 Å². The monoisotopic (exact) mass is 335 g/mol. The Morgan fingerprint density at radius 1 is 1.26 bits per heavy atom. The minimum absolute atomic E-state index is 0.148. The Hall–Kier alpha value is -2.01. The zero-order valence-electron chi connectivity index (χ0n) is 14.2. The van der Waals surface area contributed by atoms with Crippen LogP contribution in [0.1, 0.15) is 27.2 Å². The number of hydrogen-bond donors (Lipinski definition) is 0. The predicted molar refractivity (Wildman–Crippen MR) is 91.3 cm³/mol. The van der Waals surface area contributed by atoms with Gasteiger partial charge in [-0.05, 0) is 44.0 Å². The summed E-state index contributed by atoms with van der Waals surface area (Å²) in [6, 6.07) is 6.06. The molecule has 6 heteroatoms. The summed E-state index contributed by atoms with van der Waals surface area (Å²) in [6.45, 7) is 6.73. The fourth-order valence-corrected chi connectivity index (χ4v) is 2.74. The van der Waals surface area contributed by atoms with Crippen LogP contribution in [0.5, 0.6) is 5.75 Å². The molecule has 0 spiro atoms. The van der Waals surface area contributed by atoms with E-state index in [9.17, 15) is 4.79 Å². The lowest BCUT2D eigenvalue weighted by molar-refractivity contribution is 0.0773. The van der Waals surface area contributed by atoms with Gasteiger partial charge in [-0.2, -0.15) is 5.10 Å². The molecule has 0 N–H and O–H groups in total. The van der Waals surface area contributed by atoms with Gasteiger partial charge in [-0.3, -0.25) is 9.48 Å². The lowest BCUT2D eigenvalue weighted by Gasteiger charge is -2.17. The van der Waals surface area contributed by atoms with Crippen molar-refractivity contribution in [2.75, 3.05) is 20.2 Å². The van der Waals surface area contributed by atoms with Gasteiger partial charge in [0.15, 0.2) is 0 Å². The van der Waals surface area contributed by atoms with Crippen LogP contribution in [0.25, 0.3) is 0 Å². The third-order valence-corrected chi connectivity index (χ3v) is 4.04. The van der Waals surface area contributed by atoms with Crippen molar-refractivity contribution in [1.29, 1.82) is 0 Å². The van der Waals surface area contributed by atoms with Gasteiger partial charge in [0.05, 0.1) is 17.8 Å². The smallest absolute Gasteiger partial charge is 0.258 e. The first kappa shape index (κ1) is 17.3. The molecule has 2 aromatic rings. The number of benzene rings is 1. The molecule has 0 saturated heterocycles. The van der Waals surface area contributed by atoms with Crippen molar-refractivity contribution in [3.8, 4) is 5.75 Å². The number of likely N-dealkylation sites (N-methyl/N-ethyl adjacent to an activating group) is 1. The van der Waals surface area contributed by atoms with E-state index in [0.29, 0.717) is 29.6 Å². The van der Waals surface area contributed by atoms with Crippen molar-refractivity contribution in [1.82, 2.24) is 14.7 Å². The van der Waals surface area contributed by atoms with Gasteiger partial charge >= 0.3 is 0 Å². The Balaban J connectivity index is 1.96. The Labute approximate surface area is 141 Å². The minimum atomic E-state index is -0.148. The van der Waals surface area contributed by atoms with Crippen LogP contribution in [0, 0.1) is 20.8 Å². The number of nitrogens with zero attached hydrogens (tertiary/aromatic N) is 3. The maximum atomic E-state index is 12.5. The zero-order valence-corrected chi connectivity index (χ0v) is 14.9.